The van der Waals surface area contributed by atoms with Gasteiger partial charge in [0.1, 0.15) is 0 Å². The van der Waals surface area contributed by atoms with Crippen molar-refractivity contribution in [2.45, 2.75) is 89.6 Å². The number of halogens is 2. The highest BCUT2D eigenvalue weighted by Crippen LogP contribution is 2.37. The Kier molecular flexibility index (Phi) is 10.4. The lowest BCUT2D eigenvalue weighted by Gasteiger charge is -2.26. The molecule has 2 saturated carbocycles. The second kappa shape index (κ2) is 13.5. The molecule has 0 radical (unpaired) electrons. The number of carbonyl (C=O) groups excluding carboxylic acids is 1. The van der Waals surface area contributed by atoms with Gasteiger partial charge in [-0.25, -0.2) is 0 Å². The third-order valence-corrected chi connectivity index (χ3v) is 9.24. The molecular formula is C32H43BrClN3O. The Labute approximate surface area is 242 Å². The maximum absolute atomic E-state index is 13.4. The van der Waals surface area contributed by atoms with Gasteiger partial charge in [-0.15, -0.1) is 12.4 Å². The van der Waals surface area contributed by atoms with E-state index in [9.17, 15) is 4.79 Å². The van der Waals surface area contributed by atoms with Gasteiger partial charge in [-0.3, -0.25) is 4.79 Å². The van der Waals surface area contributed by atoms with Gasteiger partial charge in [0.15, 0.2) is 0 Å². The molecule has 3 aromatic rings. The van der Waals surface area contributed by atoms with Crippen molar-refractivity contribution in [2.75, 3.05) is 6.54 Å². The number of nitrogens with zero attached hydrogens (tertiary/aromatic N) is 1. The third kappa shape index (κ3) is 7.22. The number of rotatable bonds is 8. The molecule has 2 fully saturated rings. The first-order chi connectivity index (χ1) is 18.0. The molecule has 1 aromatic heterocycles. The fraction of sp³-hybridized carbons (Fsp3) is 0.531. The quantitative estimate of drug-likeness (QED) is 0.276. The highest BCUT2D eigenvalue weighted by atomic mass is 79.9. The average molecular weight is 601 g/mol. The average Bonchev–Trinajstić information content (AvgIpc) is 3.24. The molecule has 0 aliphatic heterocycles. The third-order valence-electron chi connectivity index (χ3n) is 8.74. The molecule has 1 amide bonds. The molecule has 0 bridgehead atoms. The lowest BCUT2D eigenvalue weighted by Crippen LogP contribution is -2.34. The van der Waals surface area contributed by atoms with E-state index in [4.69, 9.17) is 5.73 Å². The molecule has 206 valence electrons. The number of carbonyl (C=O) groups is 1. The van der Waals surface area contributed by atoms with Crippen LogP contribution >= 0.6 is 28.3 Å². The largest absolute Gasteiger partial charge is 0.356 e. The van der Waals surface area contributed by atoms with E-state index >= 15 is 0 Å². The highest BCUT2D eigenvalue weighted by Gasteiger charge is 2.25. The van der Waals surface area contributed by atoms with Crippen molar-refractivity contribution in [2.24, 2.45) is 17.6 Å². The Balaban J connectivity index is 0.00000336. The van der Waals surface area contributed by atoms with Gasteiger partial charge < -0.3 is 15.6 Å². The van der Waals surface area contributed by atoms with Gasteiger partial charge in [0, 0.05) is 53.0 Å². The van der Waals surface area contributed by atoms with Gasteiger partial charge in [-0.2, -0.15) is 0 Å². The maximum Gasteiger partial charge on any atom is 0.220 e. The second-order valence-electron chi connectivity index (χ2n) is 11.7. The van der Waals surface area contributed by atoms with Crippen LogP contribution in [0.15, 0.2) is 53.1 Å². The molecule has 38 heavy (non-hydrogen) atoms. The van der Waals surface area contributed by atoms with E-state index in [1.807, 2.05) is 0 Å². The number of hydrogen-bond acceptors (Lipinski definition) is 2. The lowest BCUT2D eigenvalue weighted by atomic mass is 9.86. The van der Waals surface area contributed by atoms with Crippen molar-refractivity contribution in [3.05, 3.63) is 69.8 Å². The van der Waals surface area contributed by atoms with Crippen LogP contribution in [0.5, 0.6) is 0 Å². The molecule has 1 unspecified atom stereocenters. The Morgan fingerprint density at radius 3 is 2.53 bits per heavy atom. The number of nitrogens with one attached hydrogen (secondary N) is 1. The molecule has 5 rings (SSSR count). The first-order valence-electron chi connectivity index (χ1n) is 14.3. The molecule has 0 spiro atoms. The first-order valence-corrected chi connectivity index (χ1v) is 15.1. The van der Waals surface area contributed by atoms with Crippen molar-refractivity contribution in [1.82, 2.24) is 9.88 Å². The smallest absolute Gasteiger partial charge is 0.220 e. The number of amides is 1. The number of aromatic nitrogens is 1. The molecule has 3 N–H and O–H groups in total. The van der Waals surface area contributed by atoms with E-state index in [0.717, 1.165) is 49.2 Å². The normalized spacial score (nSPS) is 21.1. The zero-order valence-electron chi connectivity index (χ0n) is 22.6. The predicted octanol–water partition coefficient (Wildman–Crippen LogP) is 7.87. The standard InChI is InChI=1S/C32H42BrN3O.ClH/c1-22-6-5-9-25(16-22)28(18-32(37)35-19-23-10-13-27(34)14-11-23)30-21-36(20-24-7-3-2-4-8-24)31-15-12-26(33)17-29(30)31;/h5-6,9,12,15-17,21,23-24,27-28H,2-4,7-8,10-11,13-14,18-20,34H2,1H3,(H,35,37);1H. The van der Waals surface area contributed by atoms with Gasteiger partial charge in [-0.05, 0) is 86.6 Å². The van der Waals surface area contributed by atoms with Crippen LogP contribution in [0.3, 0.4) is 0 Å². The summed E-state index contributed by atoms with van der Waals surface area (Å²) in [6, 6.07) is 15.7. The zero-order valence-corrected chi connectivity index (χ0v) is 25.0. The molecule has 1 atom stereocenters. The molecule has 6 heteroatoms. The summed E-state index contributed by atoms with van der Waals surface area (Å²) in [6.45, 7) is 3.97. The molecule has 0 saturated heterocycles. The van der Waals surface area contributed by atoms with Crippen LogP contribution in [0, 0.1) is 18.8 Å². The molecule has 4 nitrogen and oxygen atoms in total. The fourth-order valence-corrected chi connectivity index (χ4v) is 6.94. The van der Waals surface area contributed by atoms with Crippen LogP contribution in [-0.4, -0.2) is 23.1 Å². The lowest BCUT2D eigenvalue weighted by molar-refractivity contribution is -0.121. The Hall–Kier alpha value is -1.82. The van der Waals surface area contributed by atoms with Crippen molar-refractivity contribution >= 4 is 45.1 Å². The minimum absolute atomic E-state index is 0. The minimum Gasteiger partial charge on any atom is -0.356 e. The summed E-state index contributed by atoms with van der Waals surface area (Å²) in [5.41, 5.74) is 11.1. The second-order valence-corrected chi connectivity index (χ2v) is 12.6. The Morgan fingerprint density at radius 2 is 1.79 bits per heavy atom. The summed E-state index contributed by atoms with van der Waals surface area (Å²) >= 11 is 3.72. The minimum atomic E-state index is 0. The summed E-state index contributed by atoms with van der Waals surface area (Å²) in [4.78, 5) is 13.4. The van der Waals surface area contributed by atoms with Crippen molar-refractivity contribution in [1.29, 1.82) is 0 Å². The number of benzene rings is 2. The van der Waals surface area contributed by atoms with E-state index in [-0.39, 0.29) is 24.2 Å². The van der Waals surface area contributed by atoms with Crippen molar-refractivity contribution in [3.63, 3.8) is 0 Å². The number of fused-ring (bicyclic) bond motifs is 1. The van der Waals surface area contributed by atoms with Crippen LogP contribution in [0.1, 0.15) is 86.8 Å². The van der Waals surface area contributed by atoms with Gasteiger partial charge >= 0.3 is 0 Å². The van der Waals surface area contributed by atoms with E-state index in [1.165, 1.54) is 59.7 Å². The predicted molar refractivity (Wildman–Crippen MR) is 164 cm³/mol. The topological polar surface area (TPSA) is 60.1 Å². The van der Waals surface area contributed by atoms with Gasteiger partial charge in [0.05, 0.1) is 0 Å². The Morgan fingerprint density at radius 1 is 1.03 bits per heavy atom. The number of nitrogens with two attached hydrogens (primary N) is 1. The van der Waals surface area contributed by atoms with Gasteiger partial charge in [0.25, 0.3) is 0 Å². The fourth-order valence-electron chi connectivity index (χ4n) is 6.58. The van der Waals surface area contributed by atoms with Crippen molar-refractivity contribution in [3.8, 4) is 0 Å². The highest BCUT2D eigenvalue weighted by molar-refractivity contribution is 9.10. The molecule has 2 aromatic carbocycles. The van der Waals surface area contributed by atoms with E-state index in [1.54, 1.807) is 0 Å². The van der Waals surface area contributed by atoms with Crippen LogP contribution in [0.4, 0.5) is 0 Å². The van der Waals surface area contributed by atoms with Crippen LogP contribution in [-0.2, 0) is 11.3 Å². The van der Waals surface area contributed by atoms with Gasteiger partial charge in [0.2, 0.25) is 5.91 Å². The maximum atomic E-state index is 13.4. The molecule has 2 aliphatic carbocycles. The summed E-state index contributed by atoms with van der Waals surface area (Å²) in [6.07, 6.45) is 13.9. The van der Waals surface area contributed by atoms with E-state index in [0.29, 0.717) is 18.4 Å². The van der Waals surface area contributed by atoms with Gasteiger partial charge in [-0.1, -0.05) is 65.0 Å². The van der Waals surface area contributed by atoms with E-state index < -0.39 is 0 Å². The first kappa shape index (κ1) is 29.2. The monoisotopic (exact) mass is 599 g/mol. The zero-order chi connectivity index (χ0) is 25.8. The van der Waals surface area contributed by atoms with Crippen LogP contribution < -0.4 is 11.1 Å². The SMILES string of the molecule is Cc1cccc(C(CC(=O)NCC2CCC(N)CC2)c2cn(CC3CCCCC3)c3ccc(Br)cc23)c1.Cl. The van der Waals surface area contributed by atoms with Crippen LogP contribution in [0.25, 0.3) is 10.9 Å². The van der Waals surface area contributed by atoms with Crippen molar-refractivity contribution < 1.29 is 4.79 Å². The number of aryl methyl sites for hydroxylation is 1. The molecule has 1 heterocycles. The summed E-state index contributed by atoms with van der Waals surface area (Å²) < 4.78 is 3.55. The summed E-state index contributed by atoms with van der Waals surface area (Å²) in [5.74, 6) is 1.45. The van der Waals surface area contributed by atoms with Crippen LogP contribution in [0.2, 0.25) is 0 Å². The molecular weight excluding hydrogens is 558 g/mol. The number of hydrogen-bond donors (Lipinski definition) is 2. The summed E-state index contributed by atoms with van der Waals surface area (Å²) in [7, 11) is 0. The van der Waals surface area contributed by atoms with E-state index in [2.05, 4.69) is 81.4 Å². The Bertz CT molecular complexity index is 1210. The summed E-state index contributed by atoms with van der Waals surface area (Å²) in [5, 5.41) is 4.54. The molecule has 2 aliphatic rings.